The van der Waals surface area contributed by atoms with E-state index in [4.69, 9.17) is 19.3 Å². The molecule has 0 saturated carbocycles. The molecular weight excluding hydrogens is 264 g/mol. The smallest absolute Gasteiger partial charge is 0.360 e. The predicted octanol–water partition coefficient (Wildman–Crippen LogP) is 1.98. The number of benzene rings is 1. The van der Waals surface area contributed by atoms with Gasteiger partial charge in [-0.25, -0.2) is 14.8 Å². The Labute approximate surface area is 114 Å². The van der Waals surface area contributed by atoms with Gasteiger partial charge in [0.25, 0.3) is 5.88 Å². The molecule has 1 heterocycles. The van der Waals surface area contributed by atoms with Gasteiger partial charge in [-0.1, -0.05) is 6.07 Å². The molecular formula is C13H12N2O5. The third kappa shape index (κ3) is 2.61. The molecule has 1 N–H and O–H groups in total. The van der Waals surface area contributed by atoms with Gasteiger partial charge < -0.3 is 19.3 Å². The number of carboxylic acids is 1. The zero-order valence-corrected chi connectivity index (χ0v) is 10.9. The molecule has 0 aliphatic rings. The van der Waals surface area contributed by atoms with Crippen LogP contribution in [-0.2, 0) is 0 Å². The topological polar surface area (TPSA) is 90.8 Å². The summed E-state index contributed by atoms with van der Waals surface area (Å²) >= 11 is 0. The zero-order chi connectivity index (χ0) is 14.5. The van der Waals surface area contributed by atoms with E-state index < -0.39 is 5.97 Å². The highest BCUT2D eigenvalue weighted by molar-refractivity contribution is 5.87. The summed E-state index contributed by atoms with van der Waals surface area (Å²) in [6.07, 6.45) is 2.61. The first-order valence-corrected chi connectivity index (χ1v) is 5.60. The van der Waals surface area contributed by atoms with Crippen LogP contribution in [0.15, 0.2) is 30.6 Å². The SMILES string of the molecule is COc1cccc(OC)c1Oc1nccnc1C(=O)O. The van der Waals surface area contributed by atoms with Gasteiger partial charge in [-0.15, -0.1) is 0 Å². The van der Waals surface area contributed by atoms with Crippen molar-refractivity contribution in [2.45, 2.75) is 0 Å². The normalized spacial score (nSPS) is 9.90. The quantitative estimate of drug-likeness (QED) is 0.892. The summed E-state index contributed by atoms with van der Waals surface area (Å²) < 4.78 is 15.8. The molecule has 0 saturated heterocycles. The fraction of sp³-hybridized carbons (Fsp3) is 0.154. The van der Waals surface area contributed by atoms with E-state index in [0.717, 1.165) is 0 Å². The van der Waals surface area contributed by atoms with E-state index in [9.17, 15) is 4.79 Å². The summed E-state index contributed by atoms with van der Waals surface area (Å²) in [7, 11) is 2.94. The summed E-state index contributed by atoms with van der Waals surface area (Å²) in [5.41, 5.74) is -0.291. The molecule has 0 fully saturated rings. The first kappa shape index (κ1) is 13.6. The van der Waals surface area contributed by atoms with Crippen molar-refractivity contribution >= 4 is 5.97 Å². The molecule has 0 radical (unpaired) electrons. The minimum atomic E-state index is -1.23. The maximum Gasteiger partial charge on any atom is 0.360 e. The molecule has 104 valence electrons. The van der Waals surface area contributed by atoms with E-state index in [-0.39, 0.29) is 17.3 Å². The van der Waals surface area contributed by atoms with Crippen molar-refractivity contribution in [1.29, 1.82) is 0 Å². The predicted molar refractivity (Wildman–Crippen MR) is 68.6 cm³/mol. The number of aromatic nitrogens is 2. The van der Waals surface area contributed by atoms with Crippen LogP contribution < -0.4 is 14.2 Å². The van der Waals surface area contributed by atoms with Gasteiger partial charge in [-0.3, -0.25) is 0 Å². The van der Waals surface area contributed by atoms with E-state index in [1.165, 1.54) is 26.6 Å². The Balaban J connectivity index is 2.47. The van der Waals surface area contributed by atoms with Crippen LogP contribution in [0.5, 0.6) is 23.1 Å². The molecule has 1 aromatic carbocycles. The third-order valence-electron chi connectivity index (χ3n) is 2.45. The van der Waals surface area contributed by atoms with Crippen molar-refractivity contribution in [3.63, 3.8) is 0 Å². The van der Waals surface area contributed by atoms with Crippen molar-refractivity contribution < 1.29 is 24.1 Å². The lowest BCUT2D eigenvalue weighted by Crippen LogP contribution is -2.05. The van der Waals surface area contributed by atoms with E-state index in [2.05, 4.69) is 9.97 Å². The highest BCUT2D eigenvalue weighted by Gasteiger charge is 2.19. The van der Waals surface area contributed by atoms with Gasteiger partial charge in [0.1, 0.15) is 0 Å². The number of methoxy groups -OCH3 is 2. The molecule has 0 atom stereocenters. The Morgan fingerprint density at radius 3 is 2.25 bits per heavy atom. The number of carboxylic acid groups (broad SMARTS) is 1. The second kappa shape index (κ2) is 5.87. The van der Waals surface area contributed by atoms with E-state index in [1.807, 2.05) is 0 Å². The first-order chi connectivity index (χ1) is 9.67. The molecule has 0 bridgehead atoms. The van der Waals surface area contributed by atoms with Gasteiger partial charge in [0.05, 0.1) is 14.2 Å². The van der Waals surface area contributed by atoms with E-state index in [0.29, 0.717) is 11.5 Å². The molecule has 0 spiro atoms. The van der Waals surface area contributed by atoms with Crippen LogP contribution in [0.3, 0.4) is 0 Å². The minimum absolute atomic E-state index is 0.136. The number of hydrogen-bond acceptors (Lipinski definition) is 6. The lowest BCUT2D eigenvalue weighted by Gasteiger charge is -2.13. The van der Waals surface area contributed by atoms with Gasteiger partial charge in [-0.2, -0.15) is 0 Å². The number of ether oxygens (including phenoxy) is 3. The molecule has 0 aliphatic carbocycles. The second-order valence-corrected chi connectivity index (χ2v) is 3.61. The lowest BCUT2D eigenvalue weighted by molar-refractivity contribution is 0.0686. The van der Waals surface area contributed by atoms with Crippen molar-refractivity contribution in [2.75, 3.05) is 14.2 Å². The maximum atomic E-state index is 11.1. The van der Waals surface area contributed by atoms with Gasteiger partial charge >= 0.3 is 5.97 Å². The number of nitrogens with zero attached hydrogens (tertiary/aromatic N) is 2. The maximum absolute atomic E-state index is 11.1. The number of para-hydroxylation sites is 1. The molecule has 20 heavy (non-hydrogen) atoms. The van der Waals surface area contributed by atoms with Crippen LogP contribution in [0.2, 0.25) is 0 Å². The molecule has 0 aliphatic heterocycles. The number of rotatable bonds is 5. The third-order valence-corrected chi connectivity index (χ3v) is 2.45. The molecule has 0 unspecified atom stereocenters. The van der Waals surface area contributed by atoms with E-state index >= 15 is 0 Å². The van der Waals surface area contributed by atoms with Crippen molar-refractivity contribution in [1.82, 2.24) is 9.97 Å². The fourth-order valence-corrected chi connectivity index (χ4v) is 1.56. The van der Waals surface area contributed by atoms with E-state index in [1.54, 1.807) is 18.2 Å². The highest BCUT2D eigenvalue weighted by Crippen LogP contribution is 2.39. The van der Waals surface area contributed by atoms with Crippen molar-refractivity contribution in [3.05, 3.63) is 36.3 Å². The Morgan fingerprint density at radius 1 is 1.10 bits per heavy atom. The standard InChI is InChI=1S/C13H12N2O5/c1-18-8-4-3-5-9(19-2)11(8)20-12-10(13(16)17)14-6-7-15-12/h3-7H,1-2H3,(H,16,17). The summed E-state index contributed by atoms with van der Waals surface area (Å²) in [6, 6.07) is 5.04. The Bertz CT molecular complexity index is 608. The molecule has 7 nitrogen and oxygen atoms in total. The summed E-state index contributed by atoms with van der Waals surface area (Å²) in [4.78, 5) is 18.7. The van der Waals surface area contributed by atoms with Crippen LogP contribution >= 0.6 is 0 Å². The number of aromatic carboxylic acids is 1. The van der Waals surface area contributed by atoms with Crippen LogP contribution in [0, 0.1) is 0 Å². The monoisotopic (exact) mass is 276 g/mol. The average molecular weight is 276 g/mol. The molecule has 7 heteroatoms. The van der Waals surface area contributed by atoms with Crippen LogP contribution in [0.4, 0.5) is 0 Å². The van der Waals surface area contributed by atoms with Crippen molar-refractivity contribution in [2.24, 2.45) is 0 Å². The van der Waals surface area contributed by atoms with Gasteiger partial charge in [-0.05, 0) is 12.1 Å². The summed E-state index contributed by atoms with van der Waals surface area (Å²) in [5.74, 6) is -0.344. The average Bonchev–Trinajstić information content (AvgIpc) is 2.47. The van der Waals surface area contributed by atoms with Crippen LogP contribution in [0.1, 0.15) is 10.5 Å². The molecule has 1 aromatic heterocycles. The highest BCUT2D eigenvalue weighted by atomic mass is 16.5. The van der Waals surface area contributed by atoms with Crippen LogP contribution in [0.25, 0.3) is 0 Å². The minimum Gasteiger partial charge on any atom is -0.493 e. The van der Waals surface area contributed by atoms with Crippen LogP contribution in [-0.4, -0.2) is 35.3 Å². The Morgan fingerprint density at radius 2 is 1.70 bits per heavy atom. The van der Waals surface area contributed by atoms with Gasteiger partial charge in [0.15, 0.2) is 11.5 Å². The Hall–Kier alpha value is -2.83. The fourth-order valence-electron chi connectivity index (χ4n) is 1.56. The molecule has 2 aromatic rings. The molecule has 0 amide bonds. The Kier molecular flexibility index (Phi) is 3.99. The largest absolute Gasteiger partial charge is 0.493 e. The second-order valence-electron chi connectivity index (χ2n) is 3.61. The zero-order valence-electron chi connectivity index (χ0n) is 10.9. The summed E-state index contributed by atoms with van der Waals surface area (Å²) in [5, 5.41) is 9.05. The van der Waals surface area contributed by atoms with Gasteiger partial charge in [0, 0.05) is 12.4 Å². The summed E-state index contributed by atoms with van der Waals surface area (Å²) in [6.45, 7) is 0. The number of hydrogen-bond donors (Lipinski definition) is 1. The number of carbonyl (C=O) groups is 1. The molecule has 2 rings (SSSR count). The van der Waals surface area contributed by atoms with Crippen molar-refractivity contribution in [3.8, 4) is 23.1 Å². The van der Waals surface area contributed by atoms with Gasteiger partial charge in [0.2, 0.25) is 11.4 Å². The first-order valence-electron chi connectivity index (χ1n) is 5.60. The lowest BCUT2D eigenvalue weighted by atomic mass is 10.3.